The van der Waals surface area contributed by atoms with E-state index in [1.807, 2.05) is 36.2 Å². The lowest BCUT2D eigenvalue weighted by molar-refractivity contribution is -0.141. The van der Waals surface area contributed by atoms with Crippen LogP contribution in [0.4, 0.5) is 5.69 Å². The average molecular weight is 238 g/mol. The molecule has 1 atom stereocenters. The highest BCUT2D eigenvalue weighted by Crippen LogP contribution is 2.18. The number of esters is 1. The Morgan fingerprint density at radius 3 is 2.41 bits per heavy atom. The second-order valence-electron chi connectivity index (χ2n) is 3.71. The number of carbonyl (C=O) groups excluding carboxylic acids is 1. The molecule has 17 heavy (non-hydrogen) atoms. The molecule has 0 amide bonds. The van der Waals surface area contributed by atoms with E-state index >= 15 is 0 Å². The zero-order valence-electron chi connectivity index (χ0n) is 10.3. The highest BCUT2D eigenvalue weighted by molar-refractivity contribution is 5.76. The van der Waals surface area contributed by atoms with Gasteiger partial charge in [0.05, 0.1) is 14.2 Å². The summed E-state index contributed by atoms with van der Waals surface area (Å²) in [7, 11) is 4.81. The number of rotatable bonds is 5. The van der Waals surface area contributed by atoms with Crippen molar-refractivity contribution >= 4 is 11.7 Å². The van der Waals surface area contributed by atoms with Crippen molar-refractivity contribution in [3.05, 3.63) is 24.3 Å². The Hall–Kier alpha value is -1.75. The van der Waals surface area contributed by atoms with E-state index in [0.717, 1.165) is 11.4 Å². The molecule has 1 rings (SSSR count). The van der Waals surface area contributed by atoms with Crippen molar-refractivity contribution in [2.75, 3.05) is 32.7 Å². The lowest BCUT2D eigenvalue weighted by Gasteiger charge is -2.22. The number of likely N-dealkylation sites (N-methyl/N-ethyl adjacent to an activating group) is 1. The van der Waals surface area contributed by atoms with Crippen LogP contribution < -0.4 is 15.4 Å². The topological polar surface area (TPSA) is 64.8 Å². The van der Waals surface area contributed by atoms with Crippen LogP contribution in [-0.2, 0) is 9.53 Å². The van der Waals surface area contributed by atoms with Crippen molar-refractivity contribution in [1.82, 2.24) is 0 Å². The maximum Gasteiger partial charge on any atom is 0.324 e. The molecule has 5 heteroatoms. The molecule has 1 aromatic carbocycles. The van der Waals surface area contributed by atoms with Gasteiger partial charge in [0.2, 0.25) is 0 Å². The lowest BCUT2D eigenvalue weighted by Crippen LogP contribution is -2.42. The summed E-state index contributed by atoms with van der Waals surface area (Å²) >= 11 is 0. The van der Waals surface area contributed by atoms with Crippen LogP contribution >= 0.6 is 0 Å². The SMILES string of the molecule is COC(=O)C(N)CN(C)c1ccc(OC)cc1. The number of benzene rings is 1. The minimum Gasteiger partial charge on any atom is -0.497 e. The van der Waals surface area contributed by atoms with Crippen molar-refractivity contribution in [3.63, 3.8) is 0 Å². The smallest absolute Gasteiger partial charge is 0.324 e. The van der Waals surface area contributed by atoms with Gasteiger partial charge in [-0.05, 0) is 24.3 Å². The highest BCUT2D eigenvalue weighted by atomic mass is 16.5. The number of nitrogens with zero attached hydrogens (tertiary/aromatic N) is 1. The number of hydrogen-bond donors (Lipinski definition) is 1. The van der Waals surface area contributed by atoms with Gasteiger partial charge in [-0.3, -0.25) is 4.79 Å². The summed E-state index contributed by atoms with van der Waals surface area (Å²) in [5.41, 5.74) is 6.64. The lowest BCUT2D eigenvalue weighted by atomic mass is 10.2. The van der Waals surface area contributed by atoms with E-state index in [1.54, 1.807) is 7.11 Å². The van der Waals surface area contributed by atoms with Gasteiger partial charge in [-0.2, -0.15) is 0 Å². The van der Waals surface area contributed by atoms with E-state index < -0.39 is 12.0 Å². The number of carbonyl (C=O) groups is 1. The van der Waals surface area contributed by atoms with Gasteiger partial charge in [-0.25, -0.2) is 0 Å². The molecule has 0 aliphatic carbocycles. The fraction of sp³-hybridized carbons (Fsp3) is 0.417. The van der Waals surface area contributed by atoms with E-state index in [0.29, 0.717) is 6.54 Å². The van der Waals surface area contributed by atoms with E-state index in [9.17, 15) is 4.79 Å². The van der Waals surface area contributed by atoms with Gasteiger partial charge in [-0.15, -0.1) is 0 Å². The zero-order valence-corrected chi connectivity index (χ0v) is 10.3. The molecule has 0 saturated carbocycles. The molecule has 1 aromatic rings. The van der Waals surface area contributed by atoms with Crippen LogP contribution in [0.25, 0.3) is 0 Å². The quantitative estimate of drug-likeness (QED) is 0.762. The summed E-state index contributed by atoms with van der Waals surface area (Å²) in [4.78, 5) is 13.1. The molecule has 1 unspecified atom stereocenters. The number of anilines is 1. The summed E-state index contributed by atoms with van der Waals surface area (Å²) in [5, 5.41) is 0. The Balaban J connectivity index is 2.62. The van der Waals surface area contributed by atoms with Crippen LogP contribution in [0, 0.1) is 0 Å². The molecule has 5 nitrogen and oxygen atoms in total. The molecule has 0 saturated heterocycles. The van der Waals surface area contributed by atoms with E-state index in [4.69, 9.17) is 10.5 Å². The van der Waals surface area contributed by atoms with Crippen molar-refractivity contribution in [3.8, 4) is 5.75 Å². The van der Waals surface area contributed by atoms with Crippen LogP contribution in [0.2, 0.25) is 0 Å². The predicted octanol–water partition coefficient (Wildman–Crippen LogP) is 0.632. The van der Waals surface area contributed by atoms with Crippen molar-refractivity contribution in [2.24, 2.45) is 5.73 Å². The van der Waals surface area contributed by atoms with Gasteiger partial charge >= 0.3 is 5.97 Å². The third-order valence-electron chi connectivity index (χ3n) is 2.49. The van der Waals surface area contributed by atoms with Crippen molar-refractivity contribution < 1.29 is 14.3 Å². The summed E-state index contributed by atoms with van der Waals surface area (Å²) in [6.07, 6.45) is 0. The van der Waals surface area contributed by atoms with E-state index in [2.05, 4.69) is 4.74 Å². The first-order valence-electron chi connectivity index (χ1n) is 5.27. The van der Waals surface area contributed by atoms with Crippen LogP contribution in [0.5, 0.6) is 5.75 Å². The molecule has 0 heterocycles. The largest absolute Gasteiger partial charge is 0.497 e. The maximum atomic E-state index is 11.2. The van der Waals surface area contributed by atoms with Gasteiger partial charge in [0.15, 0.2) is 0 Å². The normalized spacial score (nSPS) is 11.8. The number of nitrogens with two attached hydrogens (primary N) is 1. The highest BCUT2D eigenvalue weighted by Gasteiger charge is 2.16. The molecule has 0 aliphatic heterocycles. The molecule has 0 bridgehead atoms. The molecule has 0 spiro atoms. The molecular formula is C12H18N2O3. The Bertz CT molecular complexity index is 365. The van der Waals surface area contributed by atoms with Crippen LogP contribution in [0.15, 0.2) is 24.3 Å². The van der Waals surface area contributed by atoms with Crippen molar-refractivity contribution in [1.29, 1.82) is 0 Å². The first-order valence-corrected chi connectivity index (χ1v) is 5.27. The summed E-state index contributed by atoms with van der Waals surface area (Å²) in [6, 6.07) is 6.88. The summed E-state index contributed by atoms with van der Waals surface area (Å²) in [6.45, 7) is 0.402. The molecule has 0 aromatic heterocycles. The second-order valence-corrected chi connectivity index (χ2v) is 3.71. The predicted molar refractivity (Wildman–Crippen MR) is 66.3 cm³/mol. The Morgan fingerprint density at radius 2 is 1.94 bits per heavy atom. The standard InChI is InChI=1S/C12H18N2O3/c1-14(8-11(13)12(15)17-3)9-4-6-10(16-2)7-5-9/h4-7,11H,8,13H2,1-3H3. The molecule has 0 fully saturated rings. The number of ether oxygens (including phenoxy) is 2. The minimum atomic E-state index is -0.646. The third kappa shape index (κ3) is 3.64. The first-order chi connectivity index (χ1) is 8.08. The van der Waals surface area contributed by atoms with Gasteiger partial charge in [-0.1, -0.05) is 0 Å². The van der Waals surface area contributed by atoms with Crippen LogP contribution in [0.3, 0.4) is 0 Å². The third-order valence-corrected chi connectivity index (χ3v) is 2.49. The Morgan fingerprint density at radius 1 is 1.35 bits per heavy atom. The Labute approximate surface area is 101 Å². The molecule has 0 aliphatic rings. The molecular weight excluding hydrogens is 220 g/mol. The fourth-order valence-electron chi connectivity index (χ4n) is 1.46. The average Bonchev–Trinajstić information content (AvgIpc) is 2.37. The van der Waals surface area contributed by atoms with Gasteiger partial charge in [0, 0.05) is 19.3 Å². The van der Waals surface area contributed by atoms with Crippen LogP contribution in [-0.4, -0.2) is 39.8 Å². The summed E-state index contributed by atoms with van der Waals surface area (Å²) in [5.74, 6) is 0.379. The zero-order chi connectivity index (χ0) is 12.8. The molecule has 94 valence electrons. The van der Waals surface area contributed by atoms with E-state index in [1.165, 1.54) is 7.11 Å². The van der Waals surface area contributed by atoms with E-state index in [-0.39, 0.29) is 0 Å². The Kier molecular flexibility index (Phi) is 4.78. The van der Waals surface area contributed by atoms with Crippen molar-refractivity contribution in [2.45, 2.75) is 6.04 Å². The molecule has 2 N–H and O–H groups in total. The van der Waals surface area contributed by atoms with Gasteiger partial charge in [0.1, 0.15) is 11.8 Å². The second kappa shape index (κ2) is 6.10. The van der Waals surface area contributed by atoms with Gasteiger partial charge < -0.3 is 20.1 Å². The number of methoxy groups -OCH3 is 2. The van der Waals surface area contributed by atoms with Gasteiger partial charge in [0.25, 0.3) is 0 Å². The fourth-order valence-corrected chi connectivity index (χ4v) is 1.46. The monoisotopic (exact) mass is 238 g/mol. The first kappa shape index (κ1) is 13.3. The molecule has 0 radical (unpaired) electrons. The van der Waals surface area contributed by atoms with Crippen LogP contribution in [0.1, 0.15) is 0 Å². The summed E-state index contributed by atoms with van der Waals surface area (Å²) < 4.78 is 9.64. The minimum absolute atomic E-state index is 0.402. The number of hydrogen-bond acceptors (Lipinski definition) is 5. The maximum absolute atomic E-state index is 11.2.